The summed E-state index contributed by atoms with van der Waals surface area (Å²) >= 11 is 0. The number of halogens is 1. The van der Waals surface area contributed by atoms with Crippen molar-refractivity contribution in [1.82, 2.24) is 4.31 Å². The van der Waals surface area contributed by atoms with Crippen molar-refractivity contribution in [3.05, 3.63) is 65.7 Å². The third-order valence-corrected chi connectivity index (χ3v) is 6.29. The van der Waals surface area contributed by atoms with Crippen LogP contribution in [0.25, 0.3) is 0 Å². The number of nitriles is 1. The standard InChI is InChI=1S/C20H22FN3O3S/c1-15(2)28(26,27)24(14-20(3,21)17-9-5-4-6-10-17)19(25)23-18-11-7-8-16(12-18)13-22/h4-12,15H,14H2,1-3H3,(H,23,25). The van der Waals surface area contributed by atoms with Crippen LogP contribution in [0.5, 0.6) is 0 Å². The third kappa shape index (κ3) is 4.87. The van der Waals surface area contributed by atoms with Gasteiger partial charge in [0.05, 0.1) is 23.4 Å². The number of nitrogens with zero attached hydrogens (tertiary/aromatic N) is 2. The fraction of sp³-hybridized carbons (Fsp3) is 0.300. The number of hydrogen-bond donors (Lipinski definition) is 1. The predicted octanol–water partition coefficient (Wildman–Crippen LogP) is 4.02. The van der Waals surface area contributed by atoms with Gasteiger partial charge >= 0.3 is 6.03 Å². The lowest BCUT2D eigenvalue weighted by molar-refractivity contribution is 0.154. The van der Waals surface area contributed by atoms with Gasteiger partial charge in [-0.2, -0.15) is 5.26 Å². The summed E-state index contributed by atoms with van der Waals surface area (Å²) < 4.78 is 41.4. The van der Waals surface area contributed by atoms with E-state index in [9.17, 15) is 13.2 Å². The van der Waals surface area contributed by atoms with Crippen LogP contribution in [0.2, 0.25) is 0 Å². The lowest BCUT2D eigenvalue weighted by atomic mass is 9.98. The number of rotatable bonds is 6. The van der Waals surface area contributed by atoms with E-state index < -0.39 is 33.5 Å². The normalized spacial score (nSPS) is 13.4. The zero-order valence-corrected chi connectivity index (χ0v) is 16.7. The molecule has 1 N–H and O–H groups in total. The molecule has 0 radical (unpaired) electrons. The van der Waals surface area contributed by atoms with Crippen LogP contribution in [-0.4, -0.2) is 30.5 Å². The molecule has 8 heteroatoms. The summed E-state index contributed by atoms with van der Waals surface area (Å²) in [5.74, 6) is 0. The van der Waals surface area contributed by atoms with Gasteiger partial charge in [0.1, 0.15) is 0 Å². The maximum Gasteiger partial charge on any atom is 0.335 e. The third-order valence-electron chi connectivity index (χ3n) is 4.19. The summed E-state index contributed by atoms with van der Waals surface area (Å²) in [6, 6.07) is 15.1. The van der Waals surface area contributed by atoms with Gasteiger partial charge in [0.25, 0.3) is 0 Å². The Morgan fingerprint density at radius 1 is 1.21 bits per heavy atom. The Kier molecular flexibility index (Phi) is 6.41. The molecule has 0 aliphatic heterocycles. The lowest BCUT2D eigenvalue weighted by Gasteiger charge is -2.31. The molecule has 0 heterocycles. The van der Waals surface area contributed by atoms with E-state index in [1.54, 1.807) is 30.3 Å². The molecule has 0 aliphatic carbocycles. The first-order valence-corrected chi connectivity index (χ1v) is 10.2. The van der Waals surface area contributed by atoms with E-state index in [1.807, 2.05) is 6.07 Å². The van der Waals surface area contributed by atoms with Crippen molar-refractivity contribution in [3.8, 4) is 6.07 Å². The van der Waals surface area contributed by atoms with Gasteiger partial charge in [-0.05, 0) is 44.5 Å². The molecule has 28 heavy (non-hydrogen) atoms. The number of hydrogen-bond acceptors (Lipinski definition) is 4. The van der Waals surface area contributed by atoms with Gasteiger partial charge in [0.15, 0.2) is 5.67 Å². The molecule has 0 saturated carbocycles. The average Bonchev–Trinajstić information content (AvgIpc) is 2.66. The maximum absolute atomic E-state index is 15.4. The molecule has 2 aromatic rings. The van der Waals surface area contributed by atoms with Gasteiger partial charge in [-0.15, -0.1) is 0 Å². The first-order chi connectivity index (χ1) is 13.1. The molecule has 2 aromatic carbocycles. The highest BCUT2D eigenvalue weighted by atomic mass is 32.2. The molecule has 0 fully saturated rings. The minimum Gasteiger partial charge on any atom is -0.307 e. The number of benzene rings is 2. The van der Waals surface area contributed by atoms with Gasteiger partial charge in [-0.1, -0.05) is 36.4 Å². The van der Waals surface area contributed by atoms with Crippen LogP contribution < -0.4 is 5.32 Å². The molecule has 2 amide bonds. The van der Waals surface area contributed by atoms with Crippen molar-refractivity contribution >= 4 is 21.7 Å². The van der Waals surface area contributed by atoms with Crippen molar-refractivity contribution in [1.29, 1.82) is 5.26 Å². The lowest BCUT2D eigenvalue weighted by Crippen LogP contribution is -2.48. The van der Waals surface area contributed by atoms with Gasteiger partial charge in [-0.25, -0.2) is 21.9 Å². The second-order valence-electron chi connectivity index (χ2n) is 6.79. The molecule has 0 spiro atoms. The number of carbonyl (C=O) groups is 1. The summed E-state index contributed by atoms with van der Waals surface area (Å²) in [6.45, 7) is 3.39. The van der Waals surface area contributed by atoms with Crippen molar-refractivity contribution in [3.63, 3.8) is 0 Å². The highest BCUT2D eigenvalue weighted by Crippen LogP contribution is 2.29. The number of urea groups is 1. The zero-order chi connectivity index (χ0) is 20.9. The number of nitrogens with one attached hydrogen (secondary N) is 1. The monoisotopic (exact) mass is 403 g/mol. The highest BCUT2D eigenvalue weighted by Gasteiger charge is 2.38. The van der Waals surface area contributed by atoms with Crippen LogP contribution in [0.15, 0.2) is 54.6 Å². The number of alkyl halides is 1. The van der Waals surface area contributed by atoms with Gasteiger partial charge in [0.2, 0.25) is 10.0 Å². The Morgan fingerprint density at radius 3 is 2.43 bits per heavy atom. The Balaban J connectivity index is 2.37. The van der Waals surface area contributed by atoms with Crippen molar-refractivity contribution < 1.29 is 17.6 Å². The first-order valence-electron chi connectivity index (χ1n) is 8.65. The van der Waals surface area contributed by atoms with Crippen LogP contribution in [-0.2, 0) is 15.7 Å². The molecule has 148 valence electrons. The van der Waals surface area contributed by atoms with Crippen molar-refractivity contribution in [2.75, 3.05) is 11.9 Å². The minimum absolute atomic E-state index is 0.244. The molecule has 6 nitrogen and oxygen atoms in total. The Hall–Kier alpha value is -2.92. The topological polar surface area (TPSA) is 90.3 Å². The van der Waals surface area contributed by atoms with E-state index in [0.29, 0.717) is 9.87 Å². The van der Waals surface area contributed by atoms with E-state index in [4.69, 9.17) is 5.26 Å². The summed E-state index contributed by atoms with van der Waals surface area (Å²) in [7, 11) is -4.10. The fourth-order valence-electron chi connectivity index (χ4n) is 2.53. The molecule has 2 rings (SSSR count). The summed E-state index contributed by atoms with van der Waals surface area (Å²) in [4.78, 5) is 12.8. The quantitative estimate of drug-likeness (QED) is 0.789. The predicted molar refractivity (Wildman–Crippen MR) is 106 cm³/mol. The number of anilines is 1. The number of sulfonamides is 1. The van der Waals surface area contributed by atoms with E-state index >= 15 is 4.39 Å². The summed E-state index contributed by atoms with van der Waals surface area (Å²) in [5.41, 5.74) is -1.28. The van der Waals surface area contributed by atoms with E-state index in [2.05, 4.69) is 5.32 Å². The molecule has 0 saturated heterocycles. The van der Waals surface area contributed by atoms with Crippen LogP contribution >= 0.6 is 0 Å². The van der Waals surface area contributed by atoms with E-state index in [1.165, 1.54) is 45.0 Å². The van der Waals surface area contributed by atoms with Crippen LogP contribution in [0.3, 0.4) is 0 Å². The van der Waals surface area contributed by atoms with Gasteiger partial charge in [-0.3, -0.25) is 0 Å². The molecule has 1 unspecified atom stereocenters. The highest BCUT2D eigenvalue weighted by molar-refractivity contribution is 7.90. The SMILES string of the molecule is CC(C)S(=O)(=O)N(CC(C)(F)c1ccccc1)C(=O)Nc1cccc(C#N)c1. The zero-order valence-electron chi connectivity index (χ0n) is 15.9. The van der Waals surface area contributed by atoms with E-state index in [0.717, 1.165) is 0 Å². The van der Waals surface area contributed by atoms with Crippen molar-refractivity contribution in [2.45, 2.75) is 31.7 Å². The smallest absolute Gasteiger partial charge is 0.307 e. The van der Waals surface area contributed by atoms with E-state index in [-0.39, 0.29) is 11.3 Å². The second kappa shape index (κ2) is 8.40. The number of carbonyl (C=O) groups excluding carboxylic acids is 1. The molecule has 0 bridgehead atoms. The van der Waals surface area contributed by atoms with Crippen molar-refractivity contribution in [2.24, 2.45) is 0 Å². The molecular formula is C20H22FN3O3S. The molecule has 0 aliphatic rings. The largest absolute Gasteiger partial charge is 0.335 e. The van der Waals surface area contributed by atoms with Gasteiger partial charge in [0, 0.05) is 5.69 Å². The summed E-state index contributed by atoms with van der Waals surface area (Å²) in [5, 5.41) is 10.5. The molecule has 1 atom stereocenters. The Bertz CT molecular complexity index is 983. The minimum atomic E-state index is -4.10. The number of amides is 2. The van der Waals surface area contributed by atoms with Crippen LogP contribution in [0, 0.1) is 11.3 Å². The van der Waals surface area contributed by atoms with Crippen LogP contribution in [0.1, 0.15) is 31.9 Å². The fourth-order valence-corrected chi connectivity index (χ4v) is 3.74. The maximum atomic E-state index is 15.4. The first kappa shape index (κ1) is 21.4. The van der Waals surface area contributed by atoms with Gasteiger partial charge < -0.3 is 5.32 Å². The molecule has 0 aromatic heterocycles. The molecular weight excluding hydrogens is 381 g/mol. The average molecular weight is 403 g/mol. The van der Waals surface area contributed by atoms with Crippen LogP contribution in [0.4, 0.5) is 14.9 Å². The summed E-state index contributed by atoms with van der Waals surface area (Å²) in [6.07, 6.45) is 0. The Morgan fingerprint density at radius 2 is 1.86 bits per heavy atom. The second-order valence-corrected chi connectivity index (χ2v) is 9.20. The Labute approximate surface area is 164 Å².